The van der Waals surface area contributed by atoms with E-state index >= 15 is 0 Å². The lowest BCUT2D eigenvalue weighted by molar-refractivity contribution is -0.130. The van der Waals surface area contributed by atoms with E-state index in [0.717, 1.165) is 24.1 Å². The average Bonchev–Trinajstić information content (AvgIpc) is 3.21. The van der Waals surface area contributed by atoms with Crippen LogP contribution in [0.2, 0.25) is 0 Å². The van der Waals surface area contributed by atoms with Crippen molar-refractivity contribution in [1.29, 1.82) is 0 Å². The number of carbonyl (C=O) groups excluding carboxylic acids is 1. The number of anilines is 1. The molecule has 2 heterocycles. The molecule has 8 heteroatoms. The summed E-state index contributed by atoms with van der Waals surface area (Å²) in [6.45, 7) is 6.62. The number of aromatic nitrogens is 2. The van der Waals surface area contributed by atoms with Crippen molar-refractivity contribution in [3.05, 3.63) is 41.2 Å². The summed E-state index contributed by atoms with van der Waals surface area (Å²) in [4.78, 5) is 14.3. The lowest BCUT2D eigenvalue weighted by atomic mass is 10.2. The minimum Gasteiger partial charge on any atom is -0.344 e. The van der Waals surface area contributed by atoms with Gasteiger partial charge in [0.05, 0.1) is 17.1 Å². The van der Waals surface area contributed by atoms with Crippen LogP contribution in [0.25, 0.3) is 0 Å². The number of hydrogen-bond acceptors (Lipinski definition) is 4. The number of hydrogen-bond donors (Lipinski definition) is 0. The predicted octanol–water partition coefficient (Wildman–Crippen LogP) is 2.51. The molecule has 1 aliphatic rings. The van der Waals surface area contributed by atoms with Crippen molar-refractivity contribution in [2.24, 2.45) is 0 Å². The molecule has 0 aliphatic carbocycles. The molecule has 1 aliphatic heterocycles. The number of fused-ring (bicyclic) bond motifs is 1. The van der Waals surface area contributed by atoms with E-state index in [1.165, 1.54) is 8.99 Å². The Hall–Kier alpha value is -2.35. The van der Waals surface area contributed by atoms with Gasteiger partial charge in [-0.25, -0.2) is 8.42 Å². The number of amides is 1. The van der Waals surface area contributed by atoms with Gasteiger partial charge >= 0.3 is 0 Å². The van der Waals surface area contributed by atoms with E-state index in [4.69, 9.17) is 0 Å². The highest BCUT2D eigenvalue weighted by Crippen LogP contribution is 2.34. The smallest absolute Gasteiger partial charge is 0.268 e. The Kier molecular flexibility index (Phi) is 5.79. The molecule has 152 valence electrons. The van der Waals surface area contributed by atoms with Crippen LogP contribution in [0, 0.1) is 13.8 Å². The van der Waals surface area contributed by atoms with Crippen LogP contribution in [0.4, 0.5) is 5.69 Å². The number of para-hydroxylation sites is 1. The summed E-state index contributed by atoms with van der Waals surface area (Å²) in [5.41, 5.74) is 2.68. The van der Waals surface area contributed by atoms with Crippen molar-refractivity contribution in [1.82, 2.24) is 14.7 Å². The molecule has 0 N–H and O–H groups in total. The fourth-order valence-electron chi connectivity index (χ4n) is 3.64. The Morgan fingerprint density at radius 1 is 1.25 bits per heavy atom. The first-order valence-corrected chi connectivity index (χ1v) is 11.1. The minimum absolute atomic E-state index is 0.0407. The summed E-state index contributed by atoms with van der Waals surface area (Å²) in [5, 5.41) is 4.37. The fourth-order valence-corrected chi connectivity index (χ4v) is 5.53. The maximum Gasteiger partial charge on any atom is 0.268 e. The number of unbranched alkanes of at least 4 members (excludes halogenated alkanes) is 1. The molecule has 0 saturated carbocycles. The van der Waals surface area contributed by atoms with E-state index in [2.05, 4.69) is 12.0 Å². The Morgan fingerprint density at radius 2 is 1.96 bits per heavy atom. The van der Waals surface area contributed by atoms with E-state index in [1.54, 1.807) is 25.8 Å². The minimum atomic E-state index is -3.74. The van der Waals surface area contributed by atoms with Gasteiger partial charge in [-0.2, -0.15) is 5.10 Å². The van der Waals surface area contributed by atoms with Gasteiger partial charge in [0, 0.05) is 20.1 Å². The molecule has 0 fully saturated rings. The lowest BCUT2D eigenvalue weighted by Crippen LogP contribution is -2.32. The highest BCUT2D eigenvalue weighted by Gasteiger charge is 2.35. The van der Waals surface area contributed by atoms with E-state index in [9.17, 15) is 13.2 Å². The van der Waals surface area contributed by atoms with E-state index in [1.807, 2.05) is 24.3 Å². The Morgan fingerprint density at radius 3 is 2.68 bits per heavy atom. The zero-order valence-corrected chi connectivity index (χ0v) is 17.8. The number of nitrogens with zero attached hydrogens (tertiary/aromatic N) is 4. The van der Waals surface area contributed by atoms with Gasteiger partial charge in [-0.3, -0.25) is 13.8 Å². The standard InChI is InChI=1S/C20H28N4O3S/c1-5-6-12-22(4)19(25)14-23-16(3)20(15(2)21-23)28(26,27)24-13-11-17-9-7-8-10-18(17)24/h7-10H,5-6,11-14H2,1-4H3. The van der Waals surface area contributed by atoms with Gasteiger partial charge in [-0.15, -0.1) is 0 Å². The molecule has 0 radical (unpaired) electrons. The molecule has 1 aromatic carbocycles. The molecule has 0 unspecified atom stereocenters. The van der Waals surface area contributed by atoms with E-state index in [-0.39, 0.29) is 17.3 Å². The summed E-state index contributed by atoms with van der Waals surface area (Å²) in [6.07, 6.45) is 2.65. The first kappa shape index (κ1) is 20.4. The van der Waals surface area contributed by atoms with Gasteiger partial charge in [-0.1, -0.05) is 31.5 Å². The molecule has 7 nitrogen and oxygen atoms in total. The van der Waals surface area contributed by atoms with E-state index < -0.39 is 10.0 Å². The van der Waals surface area contributed by atoms with Gasteiger partial charge in [0.25, 0.3) is 10.0 Å². The molecule has 3 rings (SSSR count). The molecule has 1 amide bonds. The molecule has 0 atom stereocenters. The second kappa shape index (κ2) is 7.95. The van der Waals surface area contributed by atoms with Gasteiger partial charge in [-0.05, 0) is 38.3 Å². The van der Waals surface area contributed by atoms with Crippen LogP contribution in [-0.4, -0.2) is 49.1 Å². The Bertz CT molecular complexity index is 981. The van der Waals surface area contributed by atoms with Crippen molar-refractivity contribution in [3.63, 3.8) is 0 Å². The third-order valence-electron chi connectivity index (χ3n) is 5.27. The largest absolute Gasteiger partial charge is 0.344 e. The van der Waals surface area contributed by atoms with Crippen LogP contribution in [0.5, 0.6) is 0 Å². The fraction of sp³-hybridized carbons (Fsp3) is 0.500. The third-order valence-corrected chi connectivity index (χ3v) is 7.33. The molecular weight excluding hydrogens is 376 g/mol. The second-order valence-electron chi connectivity index (χ2n) is 7.28. The van der Waals surface area contributed by atoms with Crippen molar-refractivity contribution in [3.8, 4) is 0 Å². The topological polar surface area (TPSA) is 75.5 Å². The Labute approximate surface area is 167 Å². The predicted molar refractivity (Wildman–Crippen MR) is 109 cm³/mol. The molecular formula is C20H28N4O3S. The highest BCUT2D eigenvalue weighted by atomic mass is 32.2. The monoisotopic (exact) mass is 404 g/mol. The van der Waals surface area contributed by atoms with Gasteiger partial charge < -0.3 is 4.90 Å². The van der Waals surface area contributed by atoms with Crippen LogP contribution in [0.15, 0.2) is 29.2 Å². The van der Waals surface area contributed by atoms with Gasteiger partial charge in [0.1, 0.15) is 11.4 Å². The first-order chi connectivity index (χ1) is 13.3. The normalized spacial score (nSPS) is 13.6. The SMILES string of the molecule is CCCCN(C)C(=O)Cn1nc(C)c(S(=O)(=O)N2CCc3ccccc32)c1C. The molecule has 0 saturated heterocycles. The summed E-state index contributed by atoms with van der Waals surface area (Å²) >= 11 is 0. The van der Waals surface area contributed by atoms with Crippen LogP contribution in [0.3, 0.4) is 0 Å². The maximum absolute atomic E-state index is 13.4. The van der Waals surface area contributed by atoms with Gasteiger partial charge in [0.2, 0.25) is 5.91 Å². The summed E-state index contributed by atoms with van der Waals surface area (Å²) < 4.78 is 29.7. The number of aryl methyl sites for hydroxylation is 1. The quantitative estimate of drug-likeness (QED) is 0.711. The number of benzene rings is 1. The summed E-state index contributed by atoms with van der Waals surface area (Å²) in [6, 6.07) is 7.56. The number of rotatable bonds is 7. The van der Waals surface area contributed by atoms with Crippen molar-refractivity contribution >= 4 is 21.6 Å². The molecule has 1 aromatic heterocycles. The van der Waals surface area contributed by atoms with E-state index in [0.29, 0.717) is 30.9 Å². The zero-order valence-electron chi connectivity index (χ0n) is 17.0. The maximum atomic E-state index is 13.4. The van der Waals surface area contributed by atoms with Crippen molar-refractivity contribution in [2.45, 2.75) is 51.5 Å². The third kappa shape index (κ3) is 3.65. The van der Waals surface area contributed by atoms with Crippen LogP contribution < -0.4 is 4.31 Å². The second-order valence-corrected chi connectivity index (χ2v) is 9.08. The summed E-state index contributed by atoms with van der Waals surface area (Å²) in [5.74, 6) is -0.0745. The zero-order chi connectivity index (χ0) is 20.5. The molecule has 0 bridgehead atoms. The van der Waals surface area contributed by atoms with Crippen LogP contribution in [0.1, 0.15) is 36.7 Å². The average molecular weight is 405 g/mol. The van der Waals surface area contributed by atoms with Crippen molar-refractivity contribution in [2.75, 3.05) is 24.4 Å². The van der Waals surface area contributed by atoms with Crippen LogP contribution >= 0.6 is 0 Å². The molecule has 2 aromatic rings. The highest BCUT2D eigenvalue weighted by molar-refractivity contribution is 7.93. The van der Waals surface area contributed by atoms with Crippen LogP contribution in [-0.2, 0) is 27.8 Å². The Balaban J connectivity index is 1.89. The number of sulfonamides is 1. The lowest BCUT2D eigenvalue weighted by Gasteiger charge is -2.20. The first-order valence-electron chi connectivity index (χ1n) is 9.66. The summed E-state index contributed by atoms with van der Waals surface area (Å²) in [7, 11) is -1.97. The number of carbonyl (C=O) groups is 1. The molecule has 28 heavy (non-hydrogen) atoms. The molecule has 0 spiro atoms. The number of likely N-dealkylation sites (N-methyl/N-ethyl adjacent to an activating group) is 1. The van der Waals surface area contributed by atoms with Gasteiger partial charge in [0.15, 0.2) is 0 Å². The van der Waals surface area contributed by atoms with Crippen molar-refractivity contribution < 1.29 is 13.2 Å².